The number of benzene rings is 1. The molecule has 32 heavy (non-hydrogen) atoms. The van der Waals surface area contributed by atoms with Crippen LogP contribution in [-0.2, 0) is 19.1 Å². The maximum absolute atomic E-state index is 11.9. The molecule has 8 nitrogen and oxygen atoms in total. The number of rotatable bonds is 10. The van der Waals surface area contributed by atoms with Crippen LogP contribution in [0, 0.1) is 0 Å². The van der Waals surface area contributed by atoms with E-state index < -0.39 is 23.9 Å². The van der Waals surface area contributed by atoms with Crippen LogP contribution in [0.15, 0.2) is 48.6 Å². The van der Waals surface area contributed by atoms with Crippen molar-refractivity contribution in [2.45, 2.75) is 53.4 Å². The molecule has 2 N–H and O–H groups in total. The van der Waals surface area contributed by atoms with E-state index in [-0.39, 0.29) is 22.3 Å². The Morgan fingerprint density at radius 1 is 0.750 bits per heavy atom. The molecule has 0 radical (unpaired) electrons. The SMILES string of the molecule is C=C(C)C(=O)O.C=C(C)C(=O)O.CCCCOC(=O)c1ccccc1C(=O)OCCCC. The molecule has 178 valence electrons. The molecule has 0 saturated heterocycles. The molecule has 0 atom stereocenters. The van der Waals surface area contributed by atoms with Crippen LogP contribution < -0.4 is 0 Å². The second-order valence-electron chi connectivity index (χ2n) is 6.70. The van der Waals surface area contributed by atoms with Gasteiger partial charge in [-0.25, -0.2) is 19.2 Å². The third kappa shape index (κ3) is 15.4. The Morgan fingerprint density at radius 3 is 1.25 bits per heavy atom. The lowest BCUT2D eigenvalue weighted by Gasteiger charge is -2.09. The molecule has 1 aromatic carbocycles. The Hall–Kier alpha value is -3.42. The fourth-order valence-corrected chi connectivity index (χ4v) is 1.61. The van der Waals surface area contributed by atoms with E-state index in [0.717, 1.165) is 25.7 Å². The number of carbonyl (C=O) groups excluding carboxylic acids is 2. The number of carbonyl (C=O) groups is 4. The molecule has 0 aromatic heterocycles. The van der Waals surface area contributed by atoms with E-state index in [1.165, 1.54) is 13.8 Å². The van der Waals surface area contributed by atoms with Crippen LogP contribution in [0.4, 0.5) is 0 Å². The average molecular weight is 451 g/mol. The van der Waals surface area contributed by atoms with Crippen molar-refractivity contribution in [2.75, 3.05) is 13.2 Å². The average Bonchev–Trinajstić information content (AvgIpc) is 2.74. The molecule has 0 bridgehead atoms. The molecule has 0 spiro atoms. The third-order valence-corrected chi connectivity index (χ3v) is 3.56. The lowest BCUT2D eigenvalue weighted by molar-refractivity contribution is -0.133. The second-order valence-corrected chi connectivity index (χ2v) is 6.70. The first-order valence-corrected chi connectivity index (χ1v) is 10.2. The molecule has 0 amide bonds. The number of carboxylic acids is 2. The van der Waals surface area contributed by atoms with Crippen LogP contribution in [-0.4, -0.2) is 47.3 Å². The fourth-order valence-electron chi connectivity index (χ4n) is 1.61. The highest BCUT2D eigenvalue weighted by Gasteiger charge is 2.18. The van der Waals surface area contributed by atoms with E-state index in [0.29, 0.717) is 13.2 Å². The zero-order valence-electron chi connectivity index (χ0n) is 19.3. The van der Waals surface area contributed by atoms with Crippen LogP contribution in [0.25, 0.3) is 0 Å². The molecule has 0 aliphatic carbocycles. The van der Waals surface area contributed by atoms with Crippen molar-refractivity contribution < 1.29 is 38.9 Å². The van der Waals surface area contributed by atoms with Crippen molar-refractivity contribution in [1.29, 1.82) is 0 Å². The number of aliphatic carboxylic acids is 2. The fraction of sp³-hybridized carbons (Fsp3) is 0.417. The Morgan fingerprint density at radius 2 is 1.03 bits per heavy atom. The monoisotopic (exact) mass is 450 g/mol. The Bertz CT molecular complexity index is 691. The second kappa shape index (κ2) is 18.4. The van der Waals surface area contributed by atoms with Gasteiger partial charge < -0.3 is 19.7 Å². The summed E-state index contributed by atoms with van der Waals surface area (Å²) < 4.78 is 10.3. The highest BCUT2D eigenvalue weighted by molar-refractivity contribution is 6.03. The minimum atomic E-state index is -0.935. The number of hydrogen-bond acceptors (Lipinski definition) is 6. The smallest absolute Gasteiger partial charge is 0.339 e. The quantitative estimate of drug-likeness (QED) is 0.293. The predicted molar refractivity (Wildman–Crippen MR) is 122 cm³/mol. The highest BCUT2D eigenvalue weighted by atomic mass is 16.5. The van der Waals surface area contributed by atoms with Gasteiger partial charge in [-0.15, -0.1) is 0 Å². The number of esters is 2. The minimum Gasteiger partial charge on any atom is -0.478 e. The van der Waals surface area contributed by atoms with Gasteiger partial charge in [-0.3, -0.25) is 0 Å². The Kier molecular flexibility index (Phi) is 17.7. The van der Waals surface area contributed by atoms with E-state index in [1.807, 2.05) is 13.8 Å². The molecule has 0 heterocycles. The van der Waals surface area contributed by atoms with E-state index in [1.54, 1.807) is 24.3 Å². The van der Waals surface area contributed by atoms with Crippen LogP contribution in [0.3, 0.4) is 0 Å². The van der Waals surface area contributed by atoms with Gasteiger partial charge in [-0.2, -0.15) is 0 Å². The van der Waals surface area contributed by atoms with E-state index in [2.05, 4.69) is 13.2 Å². The molecular weight excluding hydrogens is 416 g/mol. The zero-order valence-corrected chi connectivity index (χ0v) is 19.3. The van der Waals surface area contributed by atoms with Gasteiger partial charge in [-0.1, -0.05) is 52.0 Å². The van der Waals surface area contributed by atoms with Gasteiger partial charge in [0.25, 0.3) is 0 Å². The summed E-state index contributed by atoms with van der Waals surface area (Å²) >= 11 is 0. The van der Waals surface area contributed by atoms with Gasteiger partial charge in [0.05, 0.1) is 24.3 Å². The van der Waals surface area contributed by atoms with Crippen LogP contribution in [0.5, 0.6) is 0 Å². The minimum absolute atomic E-state index is 0.176. The maximum Gasteiger partial charge on any atom is 0.339 e. The maximum atomic E-state index is 11.9. The van der Waals surface area contributed by atoms with E-state index in [9.17, 15) is 19.2 Å². The Balaban J connectivity index is 0. The number of unbranched alkanes of at least 4 members (excludes halogenated alkanes) is 2. The molecule has 1 aromatic rings. The molecule has 0 saturated carbocycles. The Labute approximate surface area is 189 Å². The van der Waals surface area contributed by atoms with Gasteiger partial charge in [0.15, 0.2) is 0 Å². The van der Waals surface area contributed by atoms with Crippen molar-refractivity contribution >= 4 is 23.9 Å². The van der Waals surface area contributed by atoms with E-state index in [4.69, 9.17) is 19.7 Å². The molecule has 0 unspecified atom stereocenters. The third-order valence-electron chi connectivity index (χ3n) is 3.56. The topological polar surface area (TPSA) is 127 Å². The summed E-state index contributed by atoms with van der Waals surface area (Å²) in [4.78, 5) is 43.1. The van der Waals surface area contributed by atoms with Crippen molar-refractivity contribution in [3.05, 3.63) is 59.7 Å². The summed E-state index contributed by atoms with van der Waals surface area (Å²) in [7, 11) is 0. The first kappa shape index (κ1) is 30.8. The van der Waals surface area contributed by atoms with Gasteiger partial charge in [0.1, 0.15) is 0 Å². The molecule has 0 aliphatic rings. The van der Waals surface area contributed by atoms with Gasteiger partial charge in [0, 0.05) is 11.1 Å². The largest absolute Gasteiger partial charge is 0.478 e. The highest BCUT2D eigenvalue weighted by Crippen LogP contribution is 2.12. The van der Waals surface area contributed by atoms with Gasteiger partial charge >= 0.3 is 23.9 Å². The molecule has 0 fully saturated rings. The number of hydrogen-bond donors (Lipinski definition) is 2. The van der Waals surface area contributed by atoms with E-state index >= 15 is 0 Å². The lowest BCUT2D eigenvalue weighted by Crippen LogP contribution is -2.14. The molecule has 0 aliphatic heterocycles. The predicted octanol–water partition coefficient (Wildman–Crippen LogP) is 4.89. The van der Waals surface area contributed by atoms with Crippen molar-refractivity contribution in [1.82, 2.24) is 0 Å². The number of ether oxygens (including phenoxy) is 2. The summed E-state index contributed by atoms with van der Waals surface area (Å²) in [6.07, 6.45) is 3.53. The van der Waals surface area contributed by atoms with Crippen LogP contribution in [0.1, 0.15) is 74.1 Å². The summed E-state index contributed by atoms with van der Waals surface area (Å²) in [6, 6.07) is 6.59. The van der Waals surface area contributed by atoms with Gasteiger partial charge in [0.2, 0.25) is 0 Å². The summed E-state index contributed by atoms with van der Waals surface area (Å²) in [5.74, 6) is -2.81. The number of carboxylic acid groups (broad SMARTS) is 2. The summed E-state index contributed by atoms with van der Waals surface area (Å²) in [5.41, 5.74) is 0.889. The standard InChI is InChI=1S/C16H22O4.2C4H6O2/c1-3-5-11-19-15(17)13-9-7-8-10-14(13)16(18)20-12-6-4-2;2*1-3(2)4(5)6/h7-10H,3-6,11-12H2,1-2H3;2*1H2,2H3,(H,5,6). The van der Waals surface area contributed by atoms with Crippen molar-refractivity contribution in [2.24, 2.45) is 0 Å². The van der Waals surface area contributed by atoms with Gasteiger partial charge in [-0.05, 0) is 38.8 Å². The zero-order chi connectivity index (χ0) is 25.1. The molecule has 8 heteroatoms. The normalized spacial score (nSPS) is 9.12. The summed E-state index contributed by atoms with van der Waals surface area (Å²) in [5, 5.41) is 15.8. The molecular formula is C24H34O8. The first-order valence-electron chi connectivity index (χ1n) is 10.2. The first-order chi connectivity index (χ1) is 15.0. The molecule has 1 rings (SSSR count). The van der Waals surface area contributed by atoms with Crippen molar-refractivity contribution in [3.8, 4) is 0 Å². The van der Waals surface area contributed by atoms with Crippen molar-refractivity contribution in [3.63, 3.8) is 0 Å². The van der Waals surface area contributed by atoms with Crippen LogP contribution >= 0.6 is 0 Å². The summed E-state index contributed by atoms with van der Waals surface area (Å²) in [6.45, 7) is 14.0. The van der Waals surface area contributed by atoms with Crippen LogP contribution in [0.2, 0.25) is 0 Å². The lowest BCUT2D eigenvalue weighted by atomic mass is 10.1.